The Labute approximate surface area is 107 Å². The van der Waals surface area contributed by atoms with Gasteiger partial charge in [-0.3, -0.25) is 0 Å². The molecule has 1 unspecified atom stereocenters. The van der Waals surface area contributed by atoms with Crippen molar-refractivity contribution in [1.82, 2.24) is 0 Å². The molecule has 2 aliphatic rings. The van der Waals surface area contributed by atoms with Crippen molar-refractivity contribution in [3.8, 4) is 0 Å². The molecule has 1 aromatic carbocycles. The second-order valence-electron chi connectivity index (χ2n) is 6.78. The van der Waals surface area contributed by atoms with E-state index in [0.29, 0.717) is 5.41 Å². The molecule has 0 aliphatic heterocycles. The van der Waals surface area contributed by atoms with E-state index in [1.807, 2.05) is 0 Å². The van der Waals surface area contributed by atoms with E-state index in [1.54, 1.807) is 11.1 Å². The zero-order valence-electron chi connectivity index (χ0n) is 10.7. The van der Waals surface area contributed by atoms with Gasteiger partial charge in [-0.05, 0) is 0 Å². The molecular weight excluding hydrogens is 187 g/mol. The maximum atomic E-state index is 2.46. The van der Waals surface area contributed by atoms with Gasteiger partial charge < -0.3 is 0 Å². The molecule has 0 N–H and O–H groups in total. The standard InChI is InChI=1S/C15H17.Li/c1-10-4-5-11-6-12-8-15(2,3)9-13(12)7-14(10)11;/h4-7H,8-9H2,1-3H3;. The van der Waals surface area contributed by atoms with Crippen LogP contribution < -0.4 is 0 Å². The third kappa shape index (κ3) is 1.52. The van der Waals surface area contributed by atoms with Crippen LogP contribution in [-0.2, 0) is 16.9 Å². The predicted molar refractivity (Wildman–Crippen MR) is 69.8 cm³/mol. The fourth-order valence-corrected chi connectivity index (χ4v) is 3.21. The Balaban J connectivity index is 2.14. The summed E-state index contributed by atoms with van der Waals surface area (Å²) in [5, 5.41) is 0. The number of rotatable bonds is 0. The molecular formula is C15H17Li. The first-order valence-electron chi connectivity index (χ1n) is 6.23. The molecule has 3 rings (SSSR count). The maximum absolute atomic E-state index is 2.46. The molecule has 78 valence electrons. The summed E-state index contributed by atoms with van der Waals surface area (Å²) in [6.45, 7) is 7.06. The molecule has 0 fully saturated rings. The van der Waals surface area contributed by atoms with Crippen LogP contribution in [0.5, 0.6) is 0 Å². The molecule has 0 saturated carbocycles. The summed E-state index contributed by atoms with van der Waals surface area (Å²) in [5.41, 5.74) is 6.59. The molecule has 16 heavy (non-hydrogen) atoms. The number of hydrogen-bond acceptors (Lipinski definition) is 0. The van der Waals surface area contributed by atoms with Crippen LogP contribution in [0.4, 0.5) is 0 Å². The average Bonchev–Trinajstić information content (AvgIpc) is 2.59. The fraction of sp³-hybridized carbons (Fsp3) is 0.467. The minimum atomic E-state index is 0.233. The molecule has 2 aliphatic carbocycles. The van der Waals surface area contributed by atoms with Gasteiger partial charge in [0.25, 0.3) is 0 Å². The van der Waals surface area contributed by atoms with Gasteiger partial charge in [0.05, 0.1) is 0 Å². The second kappa shape index (κ2) is 3.06. The summed E-state index contributed by atoms with van der Waals surface area (Å²) in [6, 6.07) is 4.88. The van der Waals surface area contributed by atoms with Gasteiger partial charge in [-0.1, -0.05) is 0 Å². The zero-order chi connectivity index (χ0) is 11.6. The van der Waals surface area contributed by atoms with Gasteiger partial charge in [-0.25, -0.2) is 0 Å². The van der Waals surface area contributed by atoms with Gasteiger partial charge in [-0.15, -0.1) is 0 Å². The molecule has 0 spiro atoms. The Bertz CT molecular complexity index is 492. The van der Waals surface area contributed by atoms with Gasteiger partial charge in [0.2, 0.25) is 0 Å². The molecule has 1 aromatic rings. The van der Waals surface area contributed by atoms with Crippen molar-refractivity contribution in [2.75, 3.05) is 0 Å². The van der Waals surface area contributed by atoms with Crippen molar-refractivity contribution < 1.29 is 0 Å². The van der Waals surface area contributed by atoms with Crippen LogP contribution in [0.1, 0.15) is 43.0 Å². The quantitative estimate of drug-likeness (QED) is 0.569. The molecule has 0 bridgehead atoms. The Morgan fingerprint density at radius 1 is 1.06 bits per heavy atom. The molecule has 1 heteroatoms. The zero-order valence-corrected chi connectivity index (χ0v) is 10.7. The van der Waals surface area contributed by atoms with E-state index in [4.69, 9.17) is 0 Å². The Hall–Kier alpha value is -0.443. The van der Waals surface area contributed by atoms with Crippen LogP contribution in [-0.4, -0.2) is 17.7 Å². The Morgan fingerprint density at radius 2 is 1.69 bits per heavy atom. The van der Waals surface area contributed by atoms with Crippen molar-refractivity contribution in [1.29, 1.82) is 0 Å². The molecule has 0 radical (unpaired) electrons. The van der Waals surface area contributed by atoms with Crippen LogP contribution in [0.15, 0.2) is 18.2 Å². The average molecular weight is 204 g/mol. The van der Waals surface area contributed by atoms with E-state index in [0.717, 1.165) is 0 Å². The Kier molecular flexibility index (Phi) is 2.05. The molecule has 0 amide bonds. The van der Waals surface area contributed by atoms with E-state index in [2.05, 4.69) is 62.8 Å². The third-order valence-corrected chi connectivity index (χ3v) is 4.08. The molecule has 0 heterocycles. The van der Waals surface area contributed by atoms with Crippen LogP contribution >= 0.6 is 0 Å². The molecule has 0 nitrogen and oxygen atoms in total. The van der Waals surface area contributed by atoms with Gasteiger partial charge in [-0.2, -0.15) is 0 Å². The molecule has 0 saturated heterocycles. The van der Waals surface area contributed by atoms with Crippen molar-refractivity contribution in [2.45, 2.75) is 37.7 Å². The van der Waals surface area contributed by atoms with Crippen molar-refractivity contribution in [3.63, 3.8) is 0 Å². The first kappa shape index (κ1) is 10.7. The van der Waals surface area contributed by atoms with Crippen molar-refractivity contribution in [2.24, 2.45) is 5.41 Å². The summed E-state index contributed by atoms with van der Waals surface area (Å²) in [4.78, 5) is 0. The first-order valence-corrected chi connectivity index (χ1v) is 6.23. The number of fused-ring (bicyclic) bond motifs is 2. The van der Waals surface area contributed by atoms with E-state index in [1.165, 1.54) is 24.0 Å². The van der Waals surface area contributed by atoms with Gasteiger partial charge >= 0.3 is 107 Å². The fourth-order valence-electron chi connectivity index (χ4n) is 3.21. The minimum absolute atomic E-state index is 0.233. The van der Waals surface area contributed by atoms with Crippen LogP contribution in [0.3, 0.4) is 0 Å². The summed E-state index contributed by atoms with van der Waals surface area (Å²) in [6.07, 6.45) is 7.11. The van der Waals surface area contributed by atoms with Gasteiger partial charge in [0, 0.05) is 0 Å². The van der Waals surface area contributed by atoms with Crippen molar-refractivity contribution >= 4 is 23.8 Å². The normalized spacial score (nSPS) is 29.3. The molecule has 1 atom stereocenters. The third-order valence-electron chi connectivity index (χ3n) is 4.08. The van der Waals surface area contributed by atoms with Crippen molar-refractivity contribution in [3.05, 3.63) is 40.5 Å². The van der Waals surface area contributed by atoms with Gasteiger partial charge in [0.1, 0.15) is 0 Å². The van der Waals surface area contributed by atoms with Crippen LogP contribution in [0, 0.1) is 5.41 Å². The summed E-state index contributed by atoms with van der Waals surface area (Å²) >= 11 is 2.31. The Morgan fingerprint density at radius 3 is 2.38 bits per heavy atom. The molecule has 0 aromatic heterocycles. The van der Waals surface area contributed by atoms with Crippen LogP contribution in [0.2, 0.25) is 0 Å². The topological polar surface area (TPSA) is 0 Å². The second-order valence-corrected chi connectivity index (χ2v) is 6.78. The van der Waals surface area contributed by atoms with Gasteiger partial charge in [0.15, 0.2) is 0 Å². The number of benzene rings is 1. The van der Waals surface area contributed by atoms with E-state index < -0.39 is 0 Å². The first-order chi connectivity index (χ1) is 7.37. The van der Waals surface area contributed by atoms with E-state index >= 15 is 0 Å². The summed E-state index contributed by atoms with van der Waals surface area (Å²) < 4.78 is 0.233. The summed E-state index contributed by atoms with van der Waals surface area (Å²) in [5.74, 6) is 0. The van der Waals surface area contributed by atoms with Crippen LogP contribution in [0.25, 0.3) is 6.08 Å². The predicted octanol–water partition coefficient (Wildman–Crippen LogP) is 3.22. The SMILES string of the molecule is [Li][C]1(C)C=Cc2cc3c(cc21)CC(C)(C)C3. The number of allylic oxidation sites excluding steroid dienone is 1. The summed E-state index contributed by atoms with van der Waals surface area (Å²) in [7, 11) is 0. The van der Waals surface area contributed by atoms with E-state index in [-0.39, 0.29) is 4.09 Å². The number of hydrogen-bond donors (Lipinski definition) is 0. The van der Waals surface area contributed by atoms with E-state index in [9.17, 15) is 0 Å². The monoisotopic (exact) mass is 204 g/mol.